The van der Waals surface area contributed by atoms with E-state index in [4.69, 9.17) is 4.52 Å². The Labute approximate surface area is 165 Å². The number of nitrogens with zero attached hydrogens (tertiary/aromatic N) is 3. The third-order valence-electron chi connectivity index (χ3n) is 5.89. The van der Waals surface area contributed by atoms with Gasteiger partial charge in [0.15, 0.2) is 0 Å². The summed E-state index contributed by atoms with van der Waals surface area (Å²) in [6, 6.07) is 10.3. The maximum absolute atomic E-state index is 13.5. The lowest BCUT2D eigenvalue weighted by atomic mass is 10.0. The van der Waals surface area contributed by atoms with Crippen LogP contribution in [0.15, 0.2) is 34.9 Å². The Bertz CT molecular complexity index is 983. The minimum absolute atomic E-state index is 0.0268. The normalized spacial score (nSPS) is 15.5. The van der Waals surface area contributed by atoms with Crippen LogP contribution in [0.2, 0.25) is 0 Å². The molecular weight excluding hydrogens is 350 g/mol. The van der Waals surface area contributed by atoms with E-state index in [0.29, 0.717) is 23.0 Å². The number of carbonyl (C=O) groups is 1. The molecule has 2 heterocycles. The first kappa shape index (κ1) is 18.7. The van der Waals surface area contributed by atoms with Gasteiger partial charge in [-0.3, -0.25) is 4.79 Å². The van der Waals surface area contributed by atoms with Crippen LogP contribution < -0.4 is 0 Å². The average Bonchev–Trinajstić information content (AvgIpc) is 2.91. The number of hydrogen-bond acceptors (Lipinski definition) is 4. The maximum Gasteiger partial charge on any atom is 0.259 e. The van der Waals surface area contributed by atoms with Crippen molar-refractivity contribution in [3.8, 4) is 11.3 Å². The predicted octanol–water partition coefficient (Wildman–Crippen LogP) is 5.30. The molecule has 28 heavy (non-hydrogen) atoms. The van der Waals surface area contributed by atoms with E-state index in [1.165, 1.54) is 31.2 Å². The molecule has 1 aromatic carbocycles. The molecule has 0 spiro atoms. The van der Waals surface area contributed by atoms with Crippen LogP contribution in [0.4, 0.5) is 0 Å². The van der Waals surface area contributed by atoms with Gasteiger partial charge in [0.05, 0.1) is 22.3 Å². The van der Waals surface area contributed by atoms with E-state index in [0.717, 1.165) is 29.5 Å². The van der Waals surface area contributed by atoms with Crippen molar-refractivity contribution in [2.24, 2.45) is 0 Å². The summed E-state index contributed by atoms with van der Waals surface area (Å²) < 4.78 is 5.44. The van der Waals surface area contributed by atoms with E-state index in [1.54, 1.807) is 0 Å². The molecule has 0 N–H and O–H groups in total. The highest BCUT2D eigenvalue weighted by Gasteiger charge is 2.26. The first-order valence-corrected chi connectivity index (χ1v) is 10.2. The van der Waals surface area contributed by atoms with Crippen molar-refractivity contribution in [1.29, 1.82) is 0 Å². The Morgan fingerprint density at radius 1 is 1.07 bits per heavy atom. The van der Waals surface area contributed by atoms with Gasteiger partial charge in [-0.05, 0) is 32.8 Å². The van der Waals surface area contributed by atoms with Crippen molar-refractivity contribution in [2.75, 3.05) is 7.05 Å². The molecule has 5 heteroatoms. The third kappa shape index (κ3) is 3.53. The summed E-state index contributed by atoms with van der Waals surface area (Å²) in [5.74, 6) is 0.0268. The number of pyridine rings is 1. The first-order chi connectivity index (χ1) is 13.5. The van der Waals surface area contributed by atoms with Gasteiger partial charge in [0, 0.05) is 18.7 Å². The maximum atomic E-state index is 13.5. The number of rotatable bonds is 3. The zero-order valence-electron chi connectivity index (χ0n) is 16.9. The third-order valence-corrected chi connectivity index (χ3v) is 5.89. The van der Waals surface area contributed by atoms with Crippen molar-refractivity contribution >= 4 is 17.0 Å². The van der Waals surface area contributed by atoms with E-state index < -0.39 is 0 Å². The highest BCUT2D eigenvalue weighted by Crippen LogP contribution is 2.29. The molecule has 0 radical (unpaired) electrons. The summed E-state index contributed by atoms with van der Waals surface area (Å²) in [4.78, 5) is 20.0. The standard InChI is InChI=1S/C23H27N3O2/c1-15-10-12-17(13-11-15)20-14-19(21-16(2)25-28-22(21)24-20)23(27)26(3)18-8-6-4-5-7-9-18/h10-14,18H,4-9H2,1-3H3. The summed E-state index contributed by atoms with van der Waals surface area (Å²) in [6.07, 6.45) is 7.05. The highest BCUT2D eigenvalue weighted by atomic mass is 16.5. The minimum Gasteiger partial charge on any atom is -0.339 e. The first-order valence-electron chi connectivity index (χ1n) is 10.2. The Morgan fingerprint density at radius 2 is 1.75 bits per heavy atom. The second-order valence-corrected chi connectivity index (χ2v) is 7.93. The summed E-state index contributed by atoms with van der Waals surface area (Å²) in [6.45, 7) is 3.92. The van der Waals surface area contributed by atoms with Gasteiger partial charge < -0.3 is 9.42 Å². The number of fused-ring (bicyclic) bond motifs is 1. The molecule has 4 rings (SSSR count). The van der Waals surface area contributed by atoms with E-state index >= 15 is 0 Å². The molecule has 2 aromatic heterocycles. The monoisotopic (exact) mass is 377 g/mol. The number of benzene rings is 1. The number of carbonyl (C=O) groups excluding carboxylic acids is 1. The molecule has 1 aliphatic carbocycles. The molecule has 5 nitrogen and oxygen atoms in total. The van der Waals surface area contributed by atoms with Crippen LogP contribution in [-0.4, -0.2) is 34.0 Å². The molecule has 0 aliphatic heterocycles. The van der Waals surface area contributed by atoms with E-state index in [-0.39, 0.29) is 5.91 Å². The molecule has 0 bridgehead atoms. The lowest BCUT2D eigenvalue weighted by Crippen LogP contribution is -2.36. The lowest BCUT2D eigenvalue weighted by Gasteiger charge is -2.27. The van der Waals surface area contributed by atoms with E-state index in [2.05, 4.69) is 17.1 Å². The van der Waals surface area contributed by atoms with Crippen LogP contribution >= 0.6 is 0 Å². The lowest BCUT2D eigenvalue weighted by molar-refractivity contribution is 0.0719. The van der Waals surface area contributed by atoms with E-state index in [1.807, 2.05) is 49.2 Å². The molecule has 0 unspecified atom stereocenters. The number of hydrogen-bond donors (Lipinski definition) is 0. The second kappa shape index (κ2) is 7.74. The fourth-order valence-electron chi connectivity index (χ4n) is 4.14. The largest absolute Gasteiger partial charge is 0.339 e. The van der Waals surface area contributed by atoms with Gasteiger partial charge in [-0.15, -0.1) is 0 Å². The smallest absolute Gasteiger partial charge is 0.259 e. The van der Waals surface area contributed by atoms with Gasteiger partial charge in [0.25, 0.3) is 11.6 Å². The molecule has 0 atom stereocenters. The topological polar surface area (TPSA) is 59.2 Å². The van der Waals surface area contributed by atoms with Gasteiger partial charge in [-0.25, -0.2) is 4.98 Å². The summed E-state index contributed by atoms with van der Waals surface area (Å²) in [7, 11) is 1.93. The van der Waals surface area contributed by atoms with Crippen LogP contribution in [0.5, 0.6) is 0 Å². The number of aromatic nitrogens is 2. The van der Waals surface area contributed by atoms with Gasteiger partial charge in [0.2, 0.25) is 0 Å². The van der Waals surface area contributed by atoms with Crippen molar-refractivity contribution in [2.45, 2.75) is 58.4 Å². The van der Waals surface area contributed by atoms with Crippen molar-refractivity contribution in [1.82, 2.24) is 15.0 Å². The molecule has 0 saturated heterocycles. The number of amides is 1. The molecular formula is C23H27N3O2. The van der Waals surface area contributed by atoms with Gasteiger partial charge in [0.1, 0.15) is 0 Å². The average molecular weight is 377 g/mol. The Balaban J connectivity index is 1.76. The Morgan fingerprint density at radius 3 is 2.43 bits per heavy atom. The van der Waals surface area contributed by atoms with Crippen molar-refractivity contribution < 1.29 is 9.32 Å². The van der Waals surface area contributed by atoms with Gasteiger partial charge in [-0.2, -0.15) is 0 Å². The molecule has 146 valence electrons. The molecule has 1 saturated carbocycles. The van der Waals surface area contributed by atoms with Crippen LogP contribution in [0.25, 0.3) is 22.4 Å². The predicted molar refractivity (Wildman–Crippen MR) is 110 cm³/mol. The summed E-state index contributed by atoms with van der Waals surface area (Å²) in [5.41, 5.74) is 4.65. The Kier molecular flexibility index (Phi) is 5.16. The Hall–Kier alpha value is -2.69. The van der Waals surface area contributed by atoms with Crippen molar-refractivity contribution in [3.63, 3.8) is 0 Å². The summed E-state index contributed by atoms with van der Waals surface area (Å²) >= 11 is 0. The summed E-state index contributed by atoms with van der Waals surface area (Å²) in [5, 5.41) is 4.79. The zero-order valence-corrected chi connectivity index (χ0v) is 16.9. The molecule has 1 amide bonds. The molecule has 1 fully saturated rings. The fraction of sp³-hybridized carbons (Fsp3) is 0.435. The fourth-order valence-corrected chi connectivity index (χ4v) is 4.14. The van der Waals surface area contributed by atoms with Gasteiger partial charge in [-0.1, -0.05) is 60.7 Å². The van der Waals surface area contributed by atoms with Crippen LogP contribution in [0.3, 0.4) is 0 Å². The quantitative estimate of drug-likeness (QED) is 0.581. The van der Waals surface area contributed by atoms with Crippen LogP contribution in [-0.2, 0) is 0 Å². The van der Waals surface area contributed by atoms with Crippen molar-refractivity contribution in [3.05, 3.63) is 47.2 Å². The minimum atomic E-state index is 0.0268. The molecule has 1 aliphatic rings. The van der Waals surface area contributed by atoms with E-state index in [9.17, 15) is 4.79 Å². The van der Waals surface area contributed by atoms with Crippen LogP contribution in [0.1, 0.15) is 60.1 Å². The van der Waals surface area contributed by atoms with Crippen LogP contribution in [0, 0.1) is 13.8 Å². The second-order valence-electron chi connectivity index (χ2n) is 7.93. The SMILES string of the molecule is Cc1ccc(-c2cc(C(=O)N(C)C3CCCCCC3)c3c(C)noc3n2)cc1. The molecule has 3 aromatic rings. The van der Waals surface area contributed by atoms with Gasteiger partial charge >= 0.3 is 0 Å². The number of aryl methyl sites for hydroxylation is 2. The zero-order chi connectivity index (χ0) is 19.7. The highest BCUT2D eigenvalue weighted by molar-refractivity contribution is 6.07.